The molecule has 0 aliphatic heterocycles. The molecule has 0 atom stereocenters. The van der Waals surface area contributed by atoms with E-state index >= 15 is 0 Å². The number of H-pyrrole nitrogens is 1. The molecule has 2 aromatic rings. The van der Waals surface area contributed by atoms with Crippen molar-refractivity contribution >= 4 is 41.1 Å². The van der Waals surface area contributed by atoms with E-state index in [0.717, 1.165) is 0 Å². The largest absolute Gasteiger partial charge is 0.382 e. The van der Waals surface area contributed by atoms with E-state index in [0.29, 0.717) is 0 Å². The second kappa shape index (κ2) is 5.40. The van der Waals surface area contributed by atoms with Gasteiger partial charge in [-0.15, -0.1) is 0 Å². The summed E-state index contributed by atoms with van der Waals surface area (Å²) in [6.45, 7) is 0. The summed E-state index contributed by atoms with van der Waals surface area (Å²) in [5.41, 5.74) is 16.3. The molecule has 1 amide bonds. The molecule has 0 saturated carbocycles. The lowest BCUT2D eigenvalue weighted by atomic mass is 10.4. The zero-order valence-corrected chi connectivity index (χ0v) is 10.7. The number of nitrogens with two attached hydrogens (primary N) is 3. The highest BCUT2D eigenvalue weighted by atomic mass is 35.5. The van der Waals surface area contributed by atoms with Crippen molar-refractivity contribution < 1.29 is 4.79 Å². The molecule has 0 aliphatic rings. The molecule has 0 aliphatic carbocycles. The first kappa shape index (κ1) is 13.5. The third kappa shape index (κ3) is 2.92. The van der Waals surface area contributed by atoms with Crippen LogP contribution in [0.1, 0.15) is 10.5 Å². The Balaban J connectivity index is 2.18. The van der Waals surface area contributed by atoms with Crippen LogP contribution in [0.15, 0.2) is 17.4 Å². The van der Waals surface area contributed by atoms with Gasteiger partial charge < -0.3 is 22.2 Å². The van der Waals surface area contributed by atoms with Gasteiger partial charge in [-0.05, 0) is 0 Å². The molecule has 2 heterocycles. The Morgan fingerprint density at radius 1 is 1.35 bits per heavy atom. The molecule has 2 aromatic heterocycles. The van der Waals surface area contributed by atoms with Crippen LogP contribution in [-0.4, -0.2) is 31.8 Å². The lowest BCUT2D eigenvalue weighted by Crippen LogP contribution is -2.37. The third-order valence-electron chi connectivity index (χ3n) is 2.07. The van der Waals surface area contributed by atoms with Gasteiger partial charge in [0.15, 0.2) is 22.5 Å². The summed E-state index contributed by atoms with van der Waals surface area (Å²) in [4.78, 5) is 29.6. The highest BCUT2D eigenvalue weighted by Gasteiger charge is 2.16. The highest BCUT2D eigenvalue weighted by molar-refractivity contribution is 6.31. The summed E-state index contributed by atoms with van der Waals surface area (Å²) in [7, 11) is 0. The van der Waals surface area contributed by atoms with Crippen molar-refractivity contribution in [2.45, 2.75) is 0 Å². The van der Waals surface area contributed by atoms with Crippen molar-refractivity contribution in [3.8, 4) is 0 Å². The van der Waals surface area contributed by atoms with Crippen LogP contribution < -0.4 is 22.5 Å². The Labute approximate surface area is 117 Å². The van der Waals surface area contributed by atoms with Gasteiger partial charge in [-0.3, -0.25) is 10.1 Å². The molecular weight excluding hydrogens is 286 g/mol. The van der Waals surface area contributed by atoms with E-state index in [1.165, 1.54) is 6.20 Å². The molecule has 0 saturated heterocycles. The van der Waals surface area contributed by atoms with Crippen LogP contribution in [0.5, 0.6) is 0 Å². The first-order valence-electron chi connectivity index (χ1n) is 5.20. The van der Waals surface area contributed by atoms with E-state index < -0.39 is 5.91 Å². The fraction of sp³-hybridized carbons (Fsp3) is 0. The molecule has 0 fully saturated rings. The summed E-state index contributed by atoms with van der Waals surface area (Å²) < 4.78 is 0. The summed E-state index contributed by atoms with van der Waals surface area (Å²) >= 11 is 5.67. The van der Waals surface area contributed by atoms with Gasteiger partial charge in [0.2, 0.25) is 11.9 Å². The van der Waals surface area contributed by atoms with Crippen molar-refractivity contribution in [2.24, 2.45) is 10.7 Å². The van der Waals surface area contributed by atoms with Gasteiger partial charge in [0.25, 0.3) is 5.91 Å². The van der Waals surface area contributed by atoms with Crippen LogP contribution in [0.4, 0.5) is 17.6 Å². The number of aromatic nitrogens is 4. The molecule has 0 radical (unpaired) electrons. The highest BCUT2D eigenvalue weighted by Crippen LogP contribution is 2.17. The number of nitrogens with zero attached hydrogens (tertiary/aromatic N) is 4. The van der Waals surface area contributed by atoms with Gasteiger partial charge in [0.1, 0.15) is 0 Å². The zero-order chi connectivity index (χ0) is 14.7. The molecule has 10 nitrogen and oxygen atoms in total. The number of halogens is 1. The average molecular weight is 296 g/mol. The second-order valence-corrected chi connectivity index (χ2v) is 3.86. The maximum atomic E-state index is 11.9. The van der Waals surface area contributed by atoms with Gasteiger partial charge in [0, 0.05) is 12.4 Å². The van der Waals surface area contributed by atoms with Crippen LogP contribution in [0.25, 0.3) is 0 Å². The number of carbonyl (C=O) groups is 1. The Kier molecular flexibility index (Phi) is 3.66. The molecule has 11 heteroatoms. The Morgan fingerprint density at radius 2 is 2.10 bits per heavy atom. The van der Waals surface area contributed by atoms with E-state index in [2.05, 4.69) is 30.2 Å². The van der Waals surface area contributed by atoms with E-state index in [1.807, 2.05) is 0 Å². The lowest BCUT2D eigenvalue weighted by Gasteiger charge is -2.06. The van der Waals surface area contributed by atoms with Crippen molar-refractivity contribution in [1.29, 1.82) is 0 Å². The van der Waals surface area contributed by atoms with Gasteiger partial charge in [0.05, 0.1) is 0 Å². The second-order valence-electron chi connectivity index (χ2n) is 3.50. The van der Waals surface area contributed by atoms with Gasteiger partial charge in [-0.25, -0.2) is 15.0 Å². The predicted octanol–water partition coefficient (Wildman–Crippen LogP) is -0.606. The summed E-state index contributed by atoms with van der Waals surface area (Å²) in [5.74, 6) is -0.922. The average Bonchev–Trinajstić information content (AvgIpc) is 2.86. The van der Waals surface area contributed by atoms with Crippen LogP contribution in [0, 0.1) is 0 Å². The molecule has 104 valence electrons. The minimum absolute atomic E-state index is 0.0714. The van der Waals surface area contributed by atoms with Crippen LogP contribution in [-0.2, 0) is 0 Å². The normalized spacial score (nSPS) is 11.3. The molecule has 0 aromatic carbocycles. The minimum atomic E-state index is -0.718. The lowest BCUT2D eigenvalue weighted by molar-refractivity contribution is 0.0972. The summed E-state index contributed by atoms with van der Waals surface area (Å²) in [6, 6.07) is 0. The Hall–Kier alpha value is -2.88. The van der Waals surface area contributed by atoms with Crippen molar-refractivity contribution in [1.82, 2.24) is 25.3 Å². The van der Waals surface area contributed by atoms with Gasteiger partial charge >= 0.3 is 0 Å². The first-order chi connectivity index (χ1) is 9.47. The first-order valence-corrected chi connectivity index (χ1v) is 5.58. The van der Waals surface area contributed by atoms with E-state index in [9.17, 15) is 4.79 Å². The van der Waals surface area contributed by atoms with Crippen molar-refractivity contribution in [3.63, 3.8) is 0 Å². The van der Waals surface area contributed by atoms with E-state index in [-0.39, 0.29) is 34.4 Å². The topological polar surface area (TPSA) is 174 Å². The molecule has 0 bridgehead atoms. The number of hydrogen-bond donors (Lipinski definition) is 5. The van der Waals surface area contributed by atoms with Crippen molar-refractivity contribution in [2.75, 3.05) is 11.5 Å². The Bertz CT molecular complexity index is 666. The third-order valence-corrected chi connectivity index (χ3v) is 2.35. The summed E-state index contributed by atoms with van der Waals surface area (Å²) in [6.07, 6.45) is 3.04. The van der Waals surface area contributed by atoms with E-state index in [4.69, 9.17) is 28.8 Å². The number of hydrogen-bond acceptors (Lipinski definition) is 7. The minimum Gasteiger partial charge on any atom is -0.382 e. The molecule has 2 rings (SSSR count). The zero-order valence-electron chi connectivity index (χ0n) is 9.96. The van der Waals surface area contributed by atoms with Crippen LogP contribution in [0.3, 0.4) is 0 Å². The maximum absolute atomic E-state index is 11.9. The number of carbonyl (C=O) groups excluding carboxylic acids is 1. The number of nitrogen functional groups attached to an aromatic ring is 2. The maximum Gasteiger partial charge on any atom is 0.280 e. The Morgan fingerprint density at radius 3 is 2.75 bits per heavy atom. The number of anilines is 2. The van der Waals surface area contributed by atoms with E-state index in [1.54, 1.807) is 6.20 Å². The monoisotopic (exact) mass is 295 g/mol. The van der Waals surface area contributed by atoms with Crippen LogP contribution in [0.2, 0.25) is 5.15 Å². The smallest absolute Gasteiger partial charge is 0.280 e. The van der Waals surface area contributed by atoms with Gasteiger partial charge in [-0.1, -0.05) is 11.6 Å². The quantitative estimate of drug-likeness (QED) is 0.363. The van der Waals surface area contributed by atoms with Crippen molar-refractivity contribution in [3.05, 3.63) is 23.2 Å². The number of nitrogens with one attached hydrogen (secondary N) is 2. The molecule has 0 unspecified atom stereocenters. The fourth-order valence-electron chi connectivity index (χ4n) is 1.24. The standard InChI is InChI=1S/C9H10ClN9O/c10-4-6(12)17-5(11)3(16-4)7(20)18-8(13)19-9-14-1-2-15-9/h1-2H,(H4,11,12,17)(H4,13,14,15,18,19,20). The molecular formula is C9H10ClN9O. The number of aromatic amines is 1. The molecule has 20 heavy (non-hydrogen) atoms. The van der Waals surface area contributed by atoms with Crippen LogP contribution >= 0.6 is 11.6 Å². The van der Waals surface area contributed by atoms with Gasteiger partial charge in [-0.2, -0.15) is 4.99 Å². The number of guanidine groups is 1. The number of imidazole rings is 1. The summed E-state index contributed by atoms with van der Waals surface area (Å²) in [5, 5.41) is 2.14. The predicted molar refractivity (Wildman–Crippen MR) is 73.2 cm³/mol. The number of rotatable bonds is 2. The molecule has 0 spiro atoms. The fourth-order valence-corrected chi connectivity index (χ4v) is 1.37. The number of aliphatic imine (C=N–C) groups is 1. The number of amides is 1. The molecule has 8 N–H and O–H groups in total. The SMILES string of the molecule is N/C(=N/c1ncc[nH]1)NC(=O)c1nc(Cl)c(N)nc1N.